The second-order valence-corrected chi connectivity index (χ2v) is 3.87. The molecule has 0 fully saturated rings. The summed E-state index contributed by atoms with van der Waals surface area (Å²) < 4.78 is 6.30. The highest BCUT2D eigenvalue weighted by molar-refractivity contribution is 9.10. The van der Waals surface area contributed by atoms with Crippen LogP contribution in [0.2, 0.25) is 0 Å². The molecule has 0 aromatic heterocycles. The topological polar surface area (TPSA) is 46.5 Å². The van der Waals surface area contributed by atoms with E-state index in [0.717, 1.165) is 4.47 Å². The minimum Gasteiger partial charge on any atom is -0.490 e. The minimum atomic E-state index is -0.922. The SMILES string of the molecule is CC(=CCOc1ccc(Br)cc1)C(=O)O. The van der Waals surface area contributed by atoms with Gasteiger partial charge in [0.1, 0.15) is 12.4 Å². The molecule has 0 saturated carbocycles. The van der Waals surface area contributed by atoms with Crippen LogP contribution in [0.15, 0.2) is 40.4 Å². The molecule has 15 heavy (non-hydrogen) atoms. The van der Waals surface area contributed by atoms with E-state index in [4.69, 9.17) is 9.84 Å². The van der Waals surface area contributed by atoms with Crippen molar-refractivity contribution in [3.63, 3.8) is 0 Å². The number of carboxylic acids is 1. The van der Waals surface area contributed by atoms with Gasteiger partial charge in [0.15, 0.2) is 0 Å². The fourth-order valence-electron chi connectivity index (χ4n) is 0.881. The first-order chi connectivity index (χ1) is 7.09. The zero-order chi connectivity index (χ0) is 11.3. The predicted molar refractivity (Wildman–Crippen MR) is 61.0 cm³/mol. The summed E-state index contributed by atoms with van der Waals surface area (Å²) in [5.41, 5.74) is 0.284. The van der Waals surface area contributed by atoms with E-state index in [1.54, 1.807) is 0 Å². The summed E-state index contributed by atoms with van der Waals surface area (Å²) in [4.78, 5) is 10.5. The number of benzene rings is 1. The Hall–Kier alpha value is -1.29. The third-order valence-electron chi connectivity index (χ3n) is 1.79. The fourth-order valence-corrected chi connectivity index (χ4v) is 1.15. The number of aliphatic carboxylic acids is 1. The van der Waals surface area contributed by atoms with Gasteiger partial charge in [-0.05, 0) is 37.3 Å². The van der Waals surface area contributed by atoms with Crippen LogP contribution in [0.4, 0.5) is 0 Å². The third-order valence-corrected chi connectivity index (χ3v) is 2.32. The third kappa shape index (κ3) is 4.16. The zero-order valence-electron chi connectivity index (χ0n) is 8.24. The molecule has 0 aliphatic heterocycles. The van der Waals surface area contributed by atoms with Crippen LogP contribution < -0.4 is 4.74 Å². The minimum absolute atomic E-state index is 0.264. The largest absolute Gasteiger partial charge is 0.490 e. The highest BCUT2D eigenvalue weighted by Crippen LogP contribution is 2.15. The molecule has 0 aliphatic carbocycles. The first kappa shape index (κ1) is 11.8. The van der Waals surface area contributed by atoms with Gasteiger partial charge in [-0.3, -0.25) is 0 Å². The lowest BCUT2D eigenvalue weighted by molar-refractivity contribution is -0.132. The van der Waals surface area contributed by atoms with Crippen LogP contribution in [-0.4, -0.2) is 17.7 Å². The molecular weight excluding hydrogens is 260 g/mol. The van der Waals surface area contributed by atoms with Crippen molar-refractivity contribution < 1.29 is 14.6 Å². The molecule has 0 unspecified atom stereocenters. The number of halogens is 1. The summed E-state index contributed by atoms with van der Waals surface area (Å²) in [6, 6.07) is 7.36. The molecule has 0 bridgehead atoms. The summed E-state index contributed by atoms with van der Waals surface area (Å²) in [6.07, 6.45) is 1.53. The van der Waals surface area contributed by atoms with Gasteiger partial charge in [-0.1, -0.05) is 15.9 Å². The molecule has 0 amide bonds. The number of hydrogen-bond acceptors (Lipinski definition) is 2. The summed E-state index contributed by atoms with van der Waals surface area (Å²) in [5.74, 6) is -0.206. The van der Waals surface area contributed by atoms with Crippen molar-refractivity contribution in [1.29, 1.82) is 0 Å². The molecule has 1 N–H and O–H groups in total. The van der Waals surface area contributed by atoms with Crippen LogP contribution in [-0.2, 0) is 4.79 Å². The molecule has 0 radical (unpaired) electrons. The molecule has 1 aromatic carbocycles. The van der Waals surface area contributed by atoms with Crippen LogP contribution in [0, 0.1) is 0 Å². The lowest BCUT2D eigenvalue weighted by Crippen LogP contribution is -2.00. The van der Waals surface area contributed by atoms with Crippen molar-refractivity contribution >= 4 is 21.9 Å². The molecule has 80 valence electrons. The smallest absolute Gasteiger partial charge is 0.331 e. The predicted octanol–water partition coefficient (Wildman–Crippen LogP) is 2.86. The maximum Gasteiger partial charge on any atom is 0.331 e. The Kier molecular flexibility index (Phi) is 4.37. The maximum absolute atomic E-state index is 10.5. The van der Waals surface area contributed by atoms with E-state index in [9.17, 15) is 4.79 Å². The van der Waals surface area contributed by atoms with E-state index >= 15 is 0 Å². The lowest BCUT2D eigenvalue weighted by atomic mass is 10.3. The molecular formula is C11H11BrO3. The molecule has 0 heterocycles. The van der Waals surface area contributed by atoms with E-state index in [-0.39, 0.29) is 12.2 Å². The summed E-state index contributed by atoms with van der Waals surface area (Å²) in [7, 11) is 0. The second-order valence-electron chi connectivity index (χ2n) is 2.96. The molecule has 1 aromatic rings. The van der Waals surface area contributed by atoms with Crippen molar-refractivity contribution in [2.24, 2.45) is 0 Å². The van der Waals surface area contributed by atoms with Crippen molar-refractivity contribution in [2.75, 3.05) is 6.61 Å². The molecule has 0 aliphatic rings. The number of carboxylic acid groups (broad SMARTS) is 1. The van der Waals surface area contributed by atoms with Crippen LogP contribution in [0.3, 0.4) is 0 Å². The number of ether oxygens (including phenoxy) is 1. The fraction of sp³-hybridized carbons (Fsp3) is 0.182. The molecule has 1 rings (SSSR count). The van der Waals surface area contributed by atoms with Crippen LogP contribution in [0.1, 0.15) is 6.92 Å². The van der Waals surface area contributed by atoms with Crippen molar-refractivity contribution in [3.05, 3.63) is 40.4 Å². The second kappa shape index (κ2) is 5.56. The van der Waals surface area contributed by atoms with Gasteiger partial charge in [-0.15, -0.1) is 0 Å². The normalized spacial score (nSPS) is 11.2. The molecule has 4 heteroatoms. The summed E-state index contributed by atoms with van der Waals surface area (Å²) >= 11 is 3.31. The highest BCUT2D eigenvalue weighted by atomic mass is 79.9. The van der Waals surface area contributed by atoms with Crippen molar-refractivity contribution in [1.82, 2.24) is 0 Å². The van der Waals surface area contributed by atoms with Gasteiger partial charge in [0, 0.05) is 10.0 Å². The monoisotopic (exact) mass is 270 g/mol. The first-order valence-corrected chi connectivity index (χ1v) is 5.17. The Morgan fingerprint density at radius 2 is 2.07 bits per heavy atom. The van der Waals surface area contributed by atoms with Crippen LogP contribution >= 0.6 is 15.9 Å². The van der Waals surface area contributed by atoms with Gasteiger partial charge in [0.25, 0.3) is 0 Å². The van der Waals surface area contributed by atoms with E-state index in [1.165, 1.54) is 13.0 Å². The average molecular weight is 271 g/mol. The number of hydrogen-bond donors (Lipinski definition) is 1. The Labute approximate surface area is 96.5 Å². The standard InChI is InChI=1S/C11H11BrO3/c1-8(11(13)14)6-7-15-10-4-2-9(12)3-5-10/h2-6H,7H2,1H3,(H,13,14). The van der Waals surface area contributed by atoms with E-state index in [0.29, 0.717) is 5.75 Å². The quantitative estimate of drug-likeness (QED) is 0.856. The van der Waals surface area contributed by atoms with Gasteiger partial charge in [0.05, 0.1) is 0 Å². The van der Waals surface area contributed by atoms with E-state index < -0.39 is 5.97 Å². The van der Waals surface area contributed by atoms with Gasteiger partial charge >= 0.3 is 5.97 Å². The first-order valence-electron chi connectivity index (χ1n) is 4.38. The van der Waals surface area contributed by atoms with Crippen molar-refractivity contribution in [2.45, 2.75) is 6.92 Å². The summed E-state index contributed by atoms with van der Waals surface area (Å²) in [6.45, 7) is 1.80. The Morgan fingerprint density at radius 1 is 1.47 bits per heavy atom. The Balaban J connectivity index is 2.48. The Bertz CT molecular complexity index is 368. The van der Waals surface area contributed by atoms with Gasteiger partial charge in [0.2, 0.25) is 0 Å². The van der Waals surface area contributed by atoms with Crippen LogP contribution in [0.5, 0.6) is 5.75 Å². The molecule has 0 atom stereocenters. The molecule has 3 nitrogen and oxygen atoms in total. The molecule has 0 spiro atoms. The van der Waals surface area contributed by atoms with Gasteiger partial charge in [-0.2, -0.15) is 0 Å². The highest BCUT2D eigenvalue weighted by Gasteiger charge is 1.98. The lowest BCUT2D eigenvalue weighted by Gasteiger charge is -2.03. The maximum atomic E-state index is 10.5. The molecule has 0 saturated heterocycles. The number of rotatable bonds is 4. The number of carbonyl (C=O) groups is 1. The average Bonchev–Trinajstić information content (AvgIpc) is 2.20. The van der Waals surface area contributed by atoms with E-state index in [1.807, 2.05) is 24.3 Å². The Morgan fingerprint density at radius 3 is 2.60 bits per heavy atom. The zero-order valence-corrected chi connectivity index (χ0v) is 9.82. The van der Waals surface area contributed by atoms with Gasteiger partial charge in [-0.25, -0.2) is 4.79 Å². The van der Waals surface area contributed by atoms with Crippen molar-refractivity contribution in [3.8, 4) is 5.75 Å². The summed E-state index contributed by atoms with van der Waals surface area (Å²) in [5, 5.41) is 8.59. The van der Waals surface area contributed by atoms with E-state index in [2.05, 4.69) is 15.9 Å². The van der Waals surface area contributed by atoms with Gasteiger partial charge < -0.3 is 9.84 Å². The van der Waals surface area contributed by atoms with Crippen LogP contribution in [0.25, 0.3) is 0 Å².